The number of rotatable bonds is 0. The molecule has 0 radical (unpaired) electrons. The minimum atomic E-state index is 1.00. The third kappa shape index (κ3) is 1.17. The van der Waals surface area contributed by atoms with Crippen LogP contribution in [0.3, 0.4) is 0 Å². The van der Waals surface area contributed by atoms with Crippen molar-refractivity contribution in [1.82, 2.24) is 0 Å². The standard InChI is InChI=1S/C9H14/c1-2-4-6-9-7-8(9)5-3-1/h3,5,8-9H,1-2,4,6-7H2/t8-,9-/m0/s1. The first-order valence-electron chi connectivity index (χ1n) is 4.13. The third-order valence-electron chi connectivity index (χ3n) is 2.56. The average Bonchev–Trinajstić information content (AvgIpc) is 2.46. The topological polar surface area (TPSA) is 0 Å². The van der Waals surface area contributed by atoms with Gasteiger partial charge in [0.1, 0.15) is 0 Å². The van der Waals surface area contributed by atoms with Crippen LogP contribution in [0.1, 0.15) is 32.1 Å². The summed E-state index contributed by atoms with van der Waals surface area (Å²) in [6.45, 7) is 0. The van der Waals surface area contributed by atoms with Crippen molar-refractivity contribution in [2.45, 2.75) is 32.1 Å². The van der Waals surface area contributed by atoms with Gasteiger partial charge in [0.2, 0.25) is 0 Å². The summed E-state index contributed by atoms with van der Waals surface area (Å²) in [5, 5.41) is 0. The maximum absolute atomic E-state index is 2.43. The van der Waals surface area contributed by atoms with E-state index >= 15 is 0 Å². The summed E-state index contributed by atoms with van der Waals surface area (Å²) in [4.78, 5) is 0. The van der Waals surface area contributed by atoms with E-state index in [0.29, 0.717) is 0 Å². The molecule has 2 atom stereocenters. The molecule has 0 heteroatoms. The predicted molar refractivity (Wildman–Crippen MR) is 39.2 cm³/mol. The van der Waals surface area contributed by atoms with Crippen LogP contribution in [0.4, 0.5) is 0 Å². The van der Waals surface area contributed by atoms with Crippen molar-refractivity contribution in [2.75, 3.05) is 0 Å². The van der Waals surface area contributed by atoms with Gasteiger partial charge in [0.05, 0.1) is 0 Å². The molecule has 0 aromatic carbocycles. The summed E-state index contributed by atoms with van der Waals surface area (Å²) in [6, 6.07) is 0. The minimum Gasteiger partial charge on any atom is -0.0882 e. The van der Waals surface area contributed by atoms with Crippen LogP contribution in [-0.4, -0.2) is 0 Å². The fourth-order valence-corrected chi connectivity index (χ4v) is 1.78. The van der Waals surface area contributed by atoms with Crippen LogP contribution in [0.2, 0.25) is 0 Å². The fraction of sp³-hybridized carbons (Fsp3) is 0.778. The molecule has 0 bridgehead atoms. The van der Waals surface area contributed by atoms with Crippen LogP contribution in [0, 0.1) is 11.8 Å². The molecule has 0 spiro atoms. The van der Waals surface area contributed by atoms with E-state index in [9.17, 15) is 0 Å². The van der Waals surface area contributed by atoms with Gasteiger partial charge in [-0.3, -0.25) is 0 Å². The normalized spacial score (nSPS) is 40.9. The maximum atomic E-state index is 2.43. The molecule has 0 heterocycles. The van der Waals surface area contributed by atoms with Gasteiger partial charge in [0.25, 0.3) is 0 Å². The second kappa shape index (κ2) is 2.17. The summed E-state index contributed by atoms with van der Waals surface area (Å²) in [5.41, 5.74) is 0. The van der Waals surface area contributed by atoms with Gasteiger partial charge in [-0.2, -0.15) is 0 Å². The Morgan fingerprint density at radius 2 is 2.22 bits per heavy atom. The lowest BCUT2D eigenvalue weighted by Gasteiger charge is -1.99. The molecule has 50 valence electrons. The molecule has 0 aliphatic heterocycles. The molecule has 0 N–H and O–H groups in total. The summed E-state index contributed by atoms with van der Waals surface area (Å²) in [5.74, 6) is 2.10. The third-order valence-corrected chi connectivity index (χ3v) is 2.56. The second-order valence-corrected chi connectivity index (χ2v) is 3.37. The van der Waals surface area contributed by atoms with Crippen LogP contribution >= 0.6 is 0 Å². The van der Waals surface area contributed by atoms with Gasteiger partial charge in [0.15, 0.2) is 0 Å². The SMILES string of the molecule is C1=C[C@H]2C[C@@H]2CCCC1. The number of hydrogen-bond donors (Lipinski definition) is 0. The largest absolute Gasteiger partial charge is 0.0882 e. The lowest BCUT2D eigenvalue weighted by Crippen LogP contribution is -1.84. The molecule has 1 saturated carbocycles. The first-order chi connectivity index (χ1) is 4.47. The zero-order chi connectivity index (χ0) is 6.10. The number of allylic oxidation sites excluding steroid dienone is 2. The predicted octanol–water partition coefficient (Wildman–Crippen LogP) is 2.75. The van der Waals surface area contributed by atoms with Gasteiger partial charge in [-0.25, -0.2) is 0 Å². The maximum Gasteiger partial charge on any atom is -0.0202 e. The van der Waals surface area contributed by atoms with Gasteiger partial charge in [-0.1, -0.05) is 18.6 Å². The molecule has 0 nitrogen and oxygen atoms in total. The van der Waals surface area contributed by atoms with Crippen molar-refractivity contribution in [1.29, 1.82) is 0 Å². The van der Waals surface area contributed by atoms with Gasteiger partial charge in [-0.05, 0) is 37.5 Å². The van der Waals surface area contributed by atoms with E-state index < -0.39 is 0 Å². The molecular formula is C9H14. The van der Waals surface area contributed by atoms with E-state index in [1.807, 2.05) is 0 Å². The molecule has 0 aromatic heterocycles. The number of hydrogen-bond acceptors (Lipinski definition) is 0. The first-order valence-corrected chi connectivity index (χ1v) is 4.13. The first kappa shape index (κ1) is 5.52. The summed E-state index contributed by atoms with van der Waals surface area (Å²) in [7, 11) is 0. The van der Waals surface area contributed by atoms with Crippen molar-refractivity contribution in [3.8, 4) is 0 Å². The zero-order valence-corrected chi connectivity index (χ0v) is 5.84. The number of fused-ring (bicyclic) bond motifs is 1. The van der Waals surface area contributed by atoms with Crippen LogP contribution < -0.4 is 0 Å². The molecule has 0 saturated heterocycles. The van der Waals surface area contributed by atoms with E-state index in [1.165, 1.54) is 32.1 Å². The van der Waals surface area contributed by atoms with E-state index in [4.69, 9.17) is 0 Å². The smallest absolute Gasteiger partial charge is 0.0202 e. The van der Waals surface area contributed by atoms with E-state index in [-0.39, 0.29) is 0 Å². The van der Waals surface area contributed by atoms with Crippen molar-refractivity contribution in [3.63, 3.8) is 0 Å². The second-order valence-electron chi connectivity index (χ2n) is 3.37. The van der Waals surface area contributed by atoms with E-state index in [1.54, 1.807) is 0 Å². The summed E-state index contributed by atoms with van der Waals surface area (Å²) in [6.07, 6.45) is 12.1. The monoisotopic (exact) mass is 122 g/mol. The highest BCUT2D eigenvalue weighted by molar-refractivity contribution is 5.02. The highest BCUT2D eigenvalue weighted by Crippen LogP contribution is 2.44. The van der Waals surface area contributed by atoms with Gasteiger partial charge in [0, 0.05) is 0 Å². The Kier molecular flexibility index (Phi) is 1.33. The Labute approximate surface area is 57.0 Å². The lowest BCUT2D eigenvalue weighted by atomic mass is 10.1. The highest BCUT2D eigenvalue weighted by atomic mass is 14.4. The van der Waals surface area contributed by atoms with Crippen molar-refractivity contribution in [2.24, 2.45) is 11.8 Å². The summed E-state index contributed by atoms with van der Waals surface area (Å²) >= 11 is 0. The molecule has 9 heavy (non-hydrogen) atoms. The quantitative estimate of drug-likeness (QED) is 0.433. The Balaban J connectivity index is 1.95. The average molecular weight is 122 g/mol. The molecule has 0 aromatic rings. The lowest BCUT2D eigenvalue weighted by molar-refractivity contribution is 0.605. The van der Waals surface area contributed by atoms with Crippen LogP contribution in [0.15, 0.2) is 12.2 Å². The molecule has 2 rings (SSSR count). The molecule has 0 unspecified atom stereocenters. The van der Waals surface area contributed by atoms with Crippen LogP contribution in [0.5, 0.6) is 0 Å². The molecule has 1 fully saturated rings. The Morgan fingerprint density at radius 3 is 3.22 bits per heavy atom. The van der Waals surface area contributed by atoms with Crippen molar-refractivity contribution < 1.29 is 0 Å². The highest BCUT2D eigenvalue weighted by Gasteiger charge is 2.33. The van der Waals surface area contributed by atoms with Gasteiger partial charge >= 0.3 is 0 Å². The Morgan fingerprint density at radius 1 is 1.22 bits per heavy atom. The molecule has 0 amide bonds. The van der Waals surface area contributed by atoms with Crippen molar-refractivity contribution in [3.05, 3.63) is 12.2 Å². The van der Waals surface area contributed by atoms with Crippen molar-refractivity contribution >= 4 is 0 Å². The van der Waals surface area contributed by atoms with Gasteiger partial charge in [-0.15, -0.1) is 0 Å². The van der Waals surface area contributed by atoms with Crippen LogP contribution in [0.25, 0.3) is 0 Å². The van der Waals surface area contributed by atoms with Gasteiger partial charge < -0.3 is 0 Å². The fourth-order valence-electron chi connectivity index (χ4n) is 1.78. The minimum absolute atomic E-state index is 1.00. The molecular weight excluding hydrogens is 108 g/mol. The Hall–Kier alpha value is -0.260. The van der Waals surface area contributed by atoms with Crippen LogP contribution in [-0.2, 0) is 0 Å². The zero-order valence-electron chi connectivity index (χ0n) is 5.84. The Bertz CT molecular complexity index is 124. The van der Waals surface area contributed by atoms with E-state index in [0.717, 1.165) is 11.8 Å². The molecule has 2 aliphatic rings. The summed E-state index contributed by atoms with van der Waals surface area (Å²) < 4.78 is 0. The molecule has 2 aliphatic carbocycles. The van der Waals surface area contributed by atoms with E-state index in [2.05, 4.69) is 12.2 Å².